The Morgan fingerprint density at radius 3 is 1.58 bits per heavy atom. The van der Waals surface area contributed by atoms with Gasteiger partial charge >= 0.3 is 0 Å². The van der Waals surface area contributed by atoms with Crippen LogP contribution in [0.2, 0.25) is 0 Å². The molecule has 0 unspecified atom stereocenters. The molecule has 3 heteroatoms. The lowest BCUT2D eigenvalue weighted by molar-refractivity contribution is 1.27. The van der Waals surface area contributed by atoms with Crippen molar-refractivity contribution in [3.63, 3.8) is 0 Å². The third-order valence-electron chi connectivity index (χ3n) is 11.4. The van der Waals surface area contributed by atoms with Gasteiger partial charge in [-0.2, -0.15) is 0 Å². The third kappa shape index (κ3) is 5.27. The minimum Gasteiger partial charge on any atom is -0.310 e. The molecule has 57 heavy (non-hydrogen) atoms. The summed E-state index contributed by atoms with van der Waals surface area (Å²) >= 11 is 0. The molecule has 11 aromatic rings. The number of rotatable bonds is 6. The van der Waals surface area contributed by atoms with Gasteiger partial charge in [0.25, 0.3) is 0 Å². The van der Waals surface area contributed by atoms with Crippen molar-refractivity contribution in [2.45, 2.75) is 27.5 Å². The zero-order valence-corrected chi connectivity index (χ0v) is 31.1. The molecule has 0 aliphatic carbocycles. The first kappa shape index (κ1) is 25.1. The van der Waals surface area contributed by atoms with E-state index in [-0.39, 0.29) is 16.7 Å². The maximum absolute atomic E-state index is 8.07. The summed E-state index contributed by atoms with van der Waals surface area (Å²) in [4.78, 5) is 4.24. The Morgan fingerprint density at radius 2 is 0.947 bits per heavy atom. The molecule has 0 bridgehead atoms. The van der Waals surface area contributed by atoms with Gasteiger partial charge in [-0.25, -0.2) is 0 Å². The number of hydrogen-bond donors (Lipinski definition) is 0. The van der Waals surface area contributed by atoms with Crippen LogP contribution in [-0.4, -0.2) is 4.40 Å². The Morgan fingerprint density at radius 1 is 0.386 bits per heavy atom. The lowest BCUT2D eigenvalue weighted by atomic mass is 9.99. The fourth-order valence-corrected chi connectivity index (χ4v) is 8.76. The van der Waals surface area contributed by atoms with Crippen molar-refractivity contribution in [1.29, 1.82) is 0 Å². The van der Waals surface area contributed by atoms with Gasteiger partial charge in [-0.05, 0) is 134 Å². The summed E-state index contributed by atoms with van der Waals surface area (Å²) in [5.74, 6) is 0. The Kier molecular flexibility index (Phi) is 5.61. The zero-order chi connectivity index (χ0) is 45.9. The second-order valence-corrected chi connectivity index (χ2v) is 14.9. The van der Waals surface area contributed by atoms with Crippen LogP contribution >= 0.6 is 0 Å². The number of aryl methyl sites for hydroxylation is 4. The molecule has 0 saturated heterocycles. The fourth-order valence-electron chi connectivity index (χ4n) is 8.76. The van der Waals surface area contributed by atoms with Crippen molar-refractivity contribution in [3.8, 4) is 0 Å². The number of aromatic nitrogens is 1. The van der Waals surface area contributed by atoms with Gasteiger partial charge in [-0.1, -0.05) is 113 Å². The maximum Gasteiger partial charge on any atom is 0.0641 e. The maximum atomic E-state index is 8.07. The molecule has 9 aromatic carbocycles. The van der Waals surface area contributed by atoms with Crippen molar-refractivity contribution < 1.29 is 12.3 Å². The summed E-state index contributed by atoms with van der Waals surface area (Å²) in [7, 11) is 0. The average molecular weight is 741 g/mol. The van der Waals surface area contributed by atoms with E-state index in [1.807, 2.05) is 42.5 Å². The molecular formula is C54H41N3. The SMILES string of the molecule is [2H]C([2H])([2H])c1ccc(N(c2ccc(C)cc2)c2ccc3cc4c5ccc(N(c6ccc(C([2H])([2H])[2H])cc6)c6ccc(C([2H])([2H])[2H])cc6)c6c7c8ccccc8ccc7n(c4cc3c2)c56)cc1. The Hall–Kier alpha value is -7.10. The third-order valence-corrected chi connectivity index (χ3v) is 11.4. The molecule has 0 amide bonds. The average Bonchev–Trinajstić information content (AvgIpc) is 3.81. The van der Waals surface area contributed by atoms with Crippen molar-refractivity contribution in [1.82, 2.24) is 4.40 Å². The van der Waals surface area contributed by atoms with Crippen molar-refractivity contribution in [3.05, 3.63) is 198 Å². The molecule has 3 nitrogen and oxygen atoms in total. The summed E-state index contributed by atoms with van der Waals surface area (Å²) in [5.41, 5.74) is 9.95. The summed E-state index contributed by atoms with van der Waals surface area (Å²) in [6.45, 7) is -4.73. The number of fused-ring (bicyclic) bond motifs is 9. The van der Waals surface area contributed by atoms with Gasteiger partial charge < -0.3 is 14.2 Å². The summed E-state index contributed by atoms with van der Waals surface area (Å²) in [5, 5.41) is 8.48. The molecule has 11 rings (SSSR count). The highest BCUT2D eigenvalue weighted by atomic mass is 15.2. The lowest BCUT2D eigenvalue weighted by Gasteiger charge is -2.27. The van der Waals surface area contributed by atoms with E-state index in [1.165, 1.54) is 0 Å². The number of anilines is 6. The molecule has 0 spiro atoms. The van der Waals surface area contributed by atoms with Gasteiger partial charge in [-0.3, -0.25) is 0 Å². The topological polar surface area (TPSA) is 10.9 Å². The second kappa shape index (κ2) is 12.7. The molecule has 0 radical (unpaired) electrons. The number of benzene rings is 9. The van der Waals surface area contributed by atoms with E-state index in [0.717, 1.165) is 99.3 Å². The lowest BCUT2D eigenvalue weighted by Crippen LogP contribution is -2.10. The first-order valence-corrected chi connectivity index (χ1v) is 19.1. The highest BCUT2D eigenvalue weighted by molar-refractivity contribution is 6.32. The fraction of sp³-hybridized carbons (Fsp3) is 0.0741. The van der Waals surface area contributed by atoms with Crippen LogP contribution in [0.3, 0.4) is 0 Å². The molecule has 2 aromatic heterocycles. The first-order chi connectivity index (χ1) is 31.5. The van der Waals surface area contributed by atoms with Crippen molar-refractivity contribution in [2.75, 3.05) is 9.80 Å². The molecule has 0 aliphatic heterocycles. The quantitative estimate of drug-likeness (QED) is 0.168. The van der Waals surface area contributed by atoms with Gasteiger partial charge in [0.05, 0.1) is 22.2 Å². The van der Waals surface area contributed by atoms with Crippen LogP contribution < -0.4 is 9.80 Å². The predicted molar refractivity (Wildman–Crippen MR) is 244 cm³/mol. The highest BCUT2D eigenvalue weighted by Gasteiger charge is 2.25. The van der Waals surface area contributed by atoms with Gasteiger partial charge in [-0.15, -0.1) is 0 Å². The molecule has 0 N–H and O–H groups in total. The molecule has 0 atom stereocenters. The van der Waals surface area contributed by atoms with Crippen LogP contribution in [0.15, 0.2) is 176 Å². The van der Waals surface area contributed by atoms with Crippen LogP contribution in [-0.2, 0) is 0 Å². The number of nitrogens with zero attached hydrogens (tertiary/aromatic N) is 3. The molecule has 0 aliphatic rings. The summed E-state index contributed by atoms with van der Waals surface area (Å²) in [6, 6.07) is 57.1. The Labute approximate surface area is 345 Å². The van der Waals surface area contributed by atoms with Gasteiger partial charge in [0.1, 0.15) is 0 Å². The zero-order valence-electron chi connectivity index (χ0n) is 40.1. The van der Waals surface area contributed by atoms with Crippen LogP contribution in [0.4, 0.5) is 34.1 Å². The monoisotopic (exact) mass is 740 g/mol. The minimum absolute atomic E-state index is 0.226. The van der Waals surface area contributed by atoms with E-state index in [1.54, 1.807) is 36.4 Å². The predicted octanol–water partition coefficient (Wildman–Crippen LogP) is 15.3. The van der Waals surface area contributed by atoms with Gasteiger partial charge in [0.2, 0.25) is 0 Å². The van der Waals surface area contributed by atoms with Crippen LogP contribution in [0.25, 0.3) is 59.6 Å². The second-order valence-electron chi connectivity index (χ2n) is 14.9. The molecule has 0 saturated carbocycles. The number of hydrogen-bond acceptors (Lipinski definition) is 2. The van der Waals surface area contributed by atoms with E-state index in [9.17, 15) is 0 Å². The van der Waals surface area contributed by atoms with E-state index in [0.29, 0.717) is 0 Å². The van der Waals surface area contributed by atoms with E-state index in [4.69, 9.17) is 12.3 Å². The normalized spacial score (nSPS) is 14.9. The van der Waals surface area contributed by atoms with Crippen LogP contribution in [0, 0.1) is 27.5 Å². The highest BCUT2D eigenvalue weighted by Crippen LogP contribution is 2.49. The Balaban J connectivity index is 1.17. The molecule has 2 heterocycles. The van der Waals surface area contributed by atoms with E-state index < -0.39 is 20.6 Å². The summed E-state index contributed by atoms with van der Waals surface area (Å²) < 4.78 is 74.7. The smallest absolute Gasteiger partial charge is 0.0641 e. The van der Waals surface area contributed by atoms with Crippen molar-refractivity contribution in [2.24, 2.45) is 0 Å². The molecule has 272 valence electrons. The van der Waals surface area contributed by atoms with Crippen LogP contribution in [0.1, 0.15) is 34.6 Å². The summed E-state index contributed by atoms with van der Waals surface area (Å²) in [6.07, 6.45) is 0. The van der Waals surface area contributed by atoms with Crippen LogP contribution in [0.5, 0.6) is 0 Å². The minimum atomic E-state index is -2.29. The molecular weight excluding hydrogens is 691 g/mol. The Bertz CT molecular complexity index is 3590. The van der Waals surface area contributed by atoms with Gasteiger partial charge in [0, 0.05) is 62.3 Å². The van der Waals surface area contributed by atoms with E-state index in [2.05, 4.69) is 118 Å². The molecule has 0 fully saturated rings. The van der Waals surface area contributed by atoms with Gasteiger partial charge in [0.15, 0.2) is 0 Å². The first-order valence-electron chi connectivity index (χ1n) is 23.6. The van der Waals surface area contributed by atoms with Crippen molar-refractivity contribution >= 4 is 93.8 Å². The largest absolute Gasteiger partial charge is 0.310 e. The standard InChI is InChI=1S/C54H41N3/c1-34-9-19-41(20-10-34)55(42-21-11-35(2)12-22-42)45-27-17-39-32-48-47-28-30-50(56(43-23-13-36(3)14-24-43)44-25-15-37(4)16-26-44)53-52-46-8-6-5-7-38(46)18-29-49(52)57(54(47)53)51(48)33-40(39)31-45/h5-33H,1-4H3/i1D3,3D3,4D3. The van der Waals surface area contributed by atoms with E-state index >= 15 is 0 Å².